The summed E-state index contributed by atoms with van der Waals surface area (Å²) in [5, 5.41) is 10.1. The van der Waals surface area contributed by atoms with E-state index in [1.165, 1.54) is 25.0 Å². The minimum absolute atomic E-state index is 0.207. The van der Waals surface area contributed by atoms with Crippen LogP contribution in [0.2, 0.25) is 0 Å². The summed E-state index contributed by atoms with van der Waals surface area (Å²) < 4.78 is 1.58. The molecule has 0 fully saturated rings. The Morgan fingerprint density at radius 3 is 2.82 bits per heavy atom. The predicted molar refractivity (Wildman–Crippen MR) is 84.9 cm³/mol. The highest BCUT2D eigenvalue weighted by atomic mass is 32.2. The maximum atomic E-state index is 12.1. The van der Waals surface area contributed by atoms with Crippen LogP contribution in [-0.4, -0.2) is 39.4 Å². The van der Waals surface area contributed by atoms with Crippen molar-refractivity contribution in [2.45, 2.75) is 18.5 Å². The molecule has 2 amide bonds. The molecule has 116 valence electrons. The second kappa shape index (κ2) is 7.60. The largest absolute Gasteiger partial charge is 0.355 e. The zero-order chi connectivity index (χ0) is 15.9. The van der Waals surface area contributed by atoms with Gasteiger partial charge in [0.25, 0.3) is 5.91 Å². The normalized spacial score (nSPS) is 10.3. The van der Waals surface area contributed by atoms with Gasteiger partial charge in [-0.15, -0.1) is 0 Å². The molecule has 2 N–H and O–H groups in total. The first-order valence-electron chi connectivity index (χ1n) is 6.77. The first-order chi connectivity index (χ1) is 10.7. The molecule has 0 aliphatic heterocycles. The third-order valence-corrected chi connectivity index (χ3v) is 3.80. The van der Waals surface area contributed by atoms with Crippen molar-refractivity contribution in [1.29, 1.82) is 0 Å². The molecule has 0 unspecified atom stereocenters. The third-order valence-electron chi connectivity index (χ3n) is 2.86. The van der Waals surface area contributed by atoms with Crippen molar-refractivity contribution in [1.82, 2.24) is 20.1 Å². The molecule has 0 radical (unpaired) electrons. The lowest BCUT2D eigenvalue weighted by atomic mass is 10.3. The van der Waals surface area contributed by atoms with E-state index in [9.17, 15) is 9.59 Å². The van der Waals surface area contributed by atoms with Gasteiger partial charge in [-0.05, 0) is 19.1 Å². The monoisotopic (exact) mass is 319 g/mol. The number of aryl methyl sites for hydroxylation is 1. The first kappa shape index (κ1) is 16.0. The molecular formula is C14H17N5O2S. The van der Waals surface area contributed by atoms with Gasteiger partial charge in [-0.3, -0.25) is 9.59 Å². The summed E-state index contributed by atoms with van der Waals surface area (Å²) in [7, 11) is 1.54. The van der Waals surface area contributed by atoms with E-state index in [0.29, 0.717) is 17.9 Å². The maximum absolute atomic E-state index is 12.1. The van der Waals surface area contributed by atoms with E-state index in [0.717, 1.165) is 5.03 Å². The number of carbonyl (C=O) groups is 2. The molecule has 2 heterocycles. The van der Waals surface area contributed by atoms with Crippen LogP contribution in [0.4, 0.5) is 5.82 Å². The standard InChI is InChI=1S/C14H17N5O2S/c1-3-19-13(10(8-17-19)14(21)15-2)18-11(20)9-22-12-6-4-5-7-16-12/h4-8H,3,9H2,1-2H3,(H,15,21)(H,18,20). The number of pyridine rings is 1. The number of nitrogens with zero attached hydrogens (tertiary/aromatic N) is 3. The Labute approximate surface area is 132 Å². The summed E-state index contributed by atoms with van der Waals surface area (Å²) in [6, 6.07) is 5.52. The molecule has 0 saturated carbocycles. The highest BCUT2D eigenvalue weighted by molar-refractivity contribution is 7.99. The molecule has 0 aliphatic rings. The number of carbonyl (C=O) groups excluding carboxylic acids is 2. The summed E-state index contributed by atoms with van der Waals surface area (Å²) >= 11 is 1.33. The summed E-state index contributed by atoms with van der Waals surface area (Å²) in [6.07, 6.45) is 3.12. The van der Waals surface area contributed by atoms with Gasteiger partial charge in [0, 0.05) is 19.8 Å². The van der Waals surface area contributed by atoms with Crippen molar-refractivity contribution >= 4 is 29.4 Å². The van der Waals surface area contributed by atoms with E-state index in [1.54, 1.807) is 10.9 Å². The minimum atomic E-state index is -0.285. The Bertz CT molecular complexity index is 657. The Morgan fingerprint density at radius 2 is 2.18 bits per heavy atom. The molecule has 22 heavy (non-hydrogen) atoms. The van der Waals surface area contributed by atoms with E-state index < -0.39 is 0 Å². The minimum Gasteiger partial charge on any atom is -0.355 e. The molecule has 0 aliphatic carbocycles. The highest BCUT2D eigenvalue weighted by Crippen LogP contribution is 2.18. The molecule has 0 aromatic carbocycles. The van der Waals surface area contributed by atoms with Gasteiger partial charge in [0.05, 0.1) is 17.0 Å². The molecule has 8 heteroatoms. The second-order valence-corrected chi connectivity index (χ2v) is 5.30. The molecule has 2 aromatic heterocycles. The average molecular weight is 319 g/mol. The van der Waals surface area contributed by atoms with Gasteiger partial charge >= 0.3 is 0 Å². The number of rotatable bonds is 6. The van der Waals surface area contributed by atoms with E-state index in [-0.39, 0.29) is 17.6 Å². The molecule has 2 aromatic rings. The molecule has 0 atom stereocenters. The van der Waals surface area contributed by atoms with Crippen LogP contribution in [0.5, 0.6) is 0 Å². The Morgan fingerprint density at radius 1 is 1.36 bits per heavy atom. The van der Waals surface area contributed by atoms with Gasteiger partial charge in [-0.1, -0.05) is 17.8 Å². The Balaban J connectivity index is 2.04. The SMILES string of the molecule is CCn1ncc(C(=O)NC)c1NC(=O)CSc1ccccn1. The quantitative estimate of drug-likeness (QED) is 0.785. The lowest BCUT2D eigenvalue weighted by molar-refractivity contribution is -0.113. The number of anilines is 1. The third kappa shape index (κ3) is 3.85. The molecule has 0 saturated heterocycles. The number of hydrogen-bond donors (Lipinski definition) is 2. The van der Waals surface area contributed by atoms with Crippen LogP contribution >= 0.6 is 11.8 Å². The van der Waals surface area contributed by atoms with Crippen LogP contribution in [0.1, 0.15) is 17.3 Å². The summed E-state index contributed by atoms with van der Waals surface area (Å²) in [5.41, 5.74) is 0.348. The fourth-order valence-electron chi connectivity index (χ4n) is 1.80. The number of nitrogens with one attached hydrogen (secondary N) is 2. The number of hydrogen-bond acceptors (Lipinski definition) is 5. The maximum Gasteiger partial charge on any atom is 0.256 e. The average Bonchev–Trinajstić information content (AvgIpc) is 2.95. The number of thioether (sulfide) groups is 1. The van der Waals surface area contributed by atoms with Crippen molar-refractivity contribution in [2.24, 2.45) is 0 Å². The zero-order valence-electron chi connectivity index (χ0n) is 12.4. The molecule has 0 bridgehead atoms. The van der Waals surface area contributed by atoms with Gasteiger partial charge in [-0.25, -0.2) is 9.67 Å². The van der Waals surface area contributed by atoms with Crippen molar-refractivity contribution in [3.63, 3.8) is 0 Å². The Kier molecular flexibility index (Phi) is 5.54. The van der Waals surface area contributed by atoms with Crippen molar-refractivity contribution < 1.29 is 9.59 Å². The van der Waals surface area contributed by atoms with E-state index in [1.807, 2.05) is 25.1 Å². The zero-order valence-corrected chi connectivity index (χ0v) is 13.2. The van der Waals surface area contributed by atoms with Crippen molar-refractivity contribution in [2.75, 3.05) is 18.1 Å². The van der Waals surface area contributed by atoms with Crippen LogP contribution in [0.25, 0.3) is 0 Å². The lowest BCUT2D eigenvalue weighted by Gasteiger charge is -2.09. The van der Waals surface area contributed by atoms with Crippen LogP contribution in [0, 0.1) is 0 Å². The molecule has 0 spiro atoms. The first-order valence-corrected chi connectivity index (χ1v) is 7.75. The summed E-state index contributed by atoms with van der Waals surface area (Å²) in [5.74, 6) is 0.121. The fraction of sp³-hybridized carbons (Fsp3) is 0.286. The molecule has 2 rings (SSSR count). The van der Waals surface area contributed by atoms with Crippen LogP contribution < -0.4 is 10.6 Å². The Hall–Kier alpha value is -2.35. The number of amides is 2. The molecule has 7 nitrogen and oxygen atoms in total. The fourth-order valence-corrected chi connectivity index (χ4v) is 2.46. The van der Waals surface area contributed by atoms with E-state index in [4.69, 9.17) is 0 Å². The van der Waals surface area contributed by atoms with Gasteiger partial charge in [0.1, 0.15) is 11.4 Å². The van der Waals surface area contributed by atoms with E-state index >= 15 is 0 Å². The summed E-state index contributed by atoms with van der Waals surface area (Å²) in [6.45, 7) is 2.44. The van der Waals surface area contributed by atoms with Crippen LogP contribution in [0.15, 0.2) is 35.6 Å². The van der Waals surface area contributed by atoms with Crippen LogP contribution in [0.3, 0.4) is 0 Å². The van der Waals surface area contributed by atoms with Gasteiger partial charge in [0.15, 0.2) is 0 Å². The predicted octanol–water partition coefficient (Wildman–Crippen LogP) is 1.39. The second-order valence-electron chi connectivity index (χ2n) is 4.31. The van der Waals surface area contributed by atoms with E-state index in [2.05, 4.69) is 20.7 Å². The highest BCUT2D eigenvalue weighted by Gasteiger charge is 2.18. The number of aromatic nitrogens is 3. The van der Waals surface area contributed by atoms with Gasteiger partial charge in [-0.2, -0.15) is 5.10 Å². The lowest BCUT2D eigenvalue weighted by Crippen LogP contribution is -2.23. The topological polar surface area (TPSA) is 88.9 Å². The molecular weight excluding hydrogens is 302 g/mol. The van der Waals surface area contributed by atoms with Crippen molar-refractivity contribution in [3.05, 3.63) is 36.2 Å². The van der Waals surface area contributed by atoms with Crippen molar-refractivity contribution in [3.8, 4) is 0 Å². The van der Waals surface area contributed by atoms with Crippen LogP contribution in [-0.2, 0) is 11.3 Å². The van der Waals surface area contributed by atoms with Gasteiger partial charge < -0.3 is 10.6 Å². The smallest absolute Gasteiger partial charge is 0.256 e. The summed E-state index contributed by atoms with van der Waals surface area (Å²) in [4.78, 5) is 28.0. The van der Waals surface area contributed by atoms with Gasteiger partial charge in [0.2, 0.25) is 5.91 Å².